The smallest absolute Gasteiger partial charge is 0.276 e. The lowest BCUT2D eigenvalue weighted by molar-refractivity contribution is 0.101. The summed E-state index contributed by atoms with van der Waals surface area (Å²) in [5, 5.41) is 6.84. The van der Waals surface area contributed by atoms with Gasteiger partial charge in [0.2, 0.25) is 0 Å². The van der Waals surface area contributed by atoms with Crippen LogP contribution in [0.4, 0.5) is 5.69 Å². The third kappa shape index (κ3) is 4.50. The van der Waals surface area contributed by atoms with Crippen molar-refractivity contribution in [1.82, 2.24) is 9.78 Å². The normalized spacial score (nSPS) is 10.8. The fourth-order valence-electron chi connectivity index (χ4n) is 2.05. The molecule has 0 aliphatic carbocycles. The minimum atomic E-state index is -0.353. The SMILES string of the molecule is COCCn1nc(C(=O)Nc2ccc(C(C)C)cc2)ccc1=O. The van der Waals surface area contributed by atoms with Gasteiger partial charge >= 0.3 is 0 Å². The zero-order chi connectivity index (χ0) is 16.8. The molecule has 0 fully saturated rings. The van der Waals surface area contributed by atoms with E-state index < -0.39 is 0 Å². The highest BCUT2D eigenvalue weighted by Gasteiger charge is 2.10. The summed E-state index contributed by atoms with van der Waals surface area (Å²) in [6, 6.07) is 10.4. The molecule has 122 valence electrons. The van der Waals surface area contributed by atoms with Crippen LogP contribution in [0.25, 0.3) is 0 Å². The third-order valence-electron chi connectivity index (χ3n) is 3.44. The molecule has 0 radical (unpaired) electrons. The van der Waals surface area contributed by atoms with Crippen molar-refractivity contribution in [2.24, 2.45) is 0 Å². The maximum Gasteiger partial charge on any atom is 0.276 e. The number of methoxy groups -OCH3 is 1. The van der Waals surface area contributed by atoms with Gasteiger partial charge in [0.15, 0.2) is 0 Å². The molecule has 2 aromatic rings. The van der Waals surface area contributed by atoms with Crippen LogP contribution in [-0.2, 0) is 11.3 Å². The van der Waals surface area contributed by atoms with Crippen molar-refractivity contribution in [1.29, 1.82) is 0 Å². The summed E-state index contributed by atoms with van der Waals surface area (Å²) >= 11 is 0. The predicted molar refractivity (Wildman–Crippen MR) is 88.9 cm³/mol. The second-order valence-corrected chi connectivity index (χ2v) is 5.50. The summed E-state index contributed by atoms with van der Waals surface area (Å²) in [5.41, 5.74) is 1.82. The maximum absolute atomic E-state index is 12.2. The zero-order valence-electron chi connectivity index (χ0n) is 13.6. The molecule has 1 N–H and O–H groups in total. The molecule has 0 aliphatic heterocycles. The first-order valence-electron chi connectivity index (χ1n) is 7.49. The first-order chi connectivity index (χ1) is 11.0. The van der Waals surface area contributed by atoms with Crippen molar-refractivity contribution < 1.29 is 9.53 Å². The zero-order valence-corrected chi connectivity index (χ0v) is 13.6. The van der Waals surface area contributed by atoms with E-state index in [1.54, 1.807) is 7.11 Å². The van der Waals surface area contributed by atoms with E-state index in [4.69, 9.17) is 4.74 Å². The maximum atomic E-state index is 12.2. The fraction of sp³-hybridized carbons (Fsp3) is 0.353. The predicted octanol–water partition coefficient (Wildman–Crippen LogP) is 2.27. The highest BCUT2D eigenvalue weighted by atomic mass is 16.5. The van der Waals surface area contributed by atoms with Crippen LogP contribution in [-0.4, -0.2) is 29.4 Å². The molecule has 0 saturated heterocycles. The number of benzene rings is 1. The van der Waals surface area contributed by atoms with Crippen molar-refractivity contribution in [3.05, 3.63) is 58.0 Å². The Morgan fingerprint density at radius 1 is 1.22 bits per heavy atom. The molecule has 6 nitrogen and oxygen atoms in total. The van der Waals surface area contributed by atoms with Gasteiger partial charge in [0.25, 0.3) is 11.5 Å². The number of carbonyl (C=O) groups excluding carboxylic acids is 1. The Bertz CT molecular complexity index is 721. The fourth-order valence-corrected chi connectivity index (χ4v) is 2.05. The van der Waals surface area contributed by atoms with Gasteiger partial charge in [-0.15, -0.1) is 0 Å². The Morgan fingerprint density at radius 2 is 1.91 bits per heavy atom. The van der Waals surface area contributed by atoms with Gasteiger partial charge < -0.3 is 10.1 Å². The summed E-state index contributed by atoms with van der Waals surface area (Å²) in [5.74, 6) is 0.0826. The lowest BCUT2D eigenvalue weighted by atomic mass is 10.0. The molecule has 23 heavy (non-hydrogen) atoms. The van der Waals surface area contributed by atoms with Crippen LogP contribution in [0, 0.1) is 0 Å². The molecule has 1 heterocycles. The molecule has 0 spiro atoms. The minimum Gasteiger partial charge on any atom is -0.383 e. The van der Waals surface area contributed by atoms with Crippen LogP contribution < -0.4 is 10.9 Å². The molecule has 1 aromatic carbocycles. The quantitative estimate of drug-likeness (QED) is 0.887. The standard InChI is InChI=1S/C17H21N3O3/c1-12(2)13-4-6-14(7-5-13)18-17(22)15-8-9-16(21)20(19-15)10-11-23-3/h4-9,12H,10-11H2,1-3H3,(H,18,22). The Hall–Kier alpha value is -2.47. The number of rotatable bonds is 6. The van der Waals surface area contributed by atoms with Crippen LogP contribution >= 0.6 is 0 Å². The van der Waals surface area contributed by atoms with E-state index in [1.165, 1.54) is 22.4 Å². The number of amides is 1. The van der Waals surface area contributed by atoms with Gasteiger partial charge in [-0.3, -0.25) is 9.59 Å². The van der Waals surface area contributed by atoms with Crippen molar-refractivity contribution in [3.8, 4) is 0 Å². The molecular weight excluding hydrogens is 294 g/mol. The number of nitrogens with zero attached hydrogens (tertiary/aromatic N) is 2. The molecule has 0 saturated carbocycles. The van der Waals surface area contributed by atoms with Crippen LogP contribution in [0.2, 0.25) is 0 Å². The van der Waals surface area contributed by atoms with Crippen molar-refractivity contribution in [2.75, 3.05) is 19.0 Å². The number of hydrogen-bond acceptors (Lipinski definition) is 4. The van der Waals surface area contributed by atoms with Crippen LogP contribution in [0.5, 0.6) is 0 Å². The minimum absolute atomic E-state index is 0.189. The van der Waals surface area contributed by atoms with Crippen molar-refractivity contribution in [2.45, 2.75) is 26.3 Å². The van der Waals surface area contributed by atoms with E-state index in [9.17, 15) is 9.59 Å². The average Bonchev–Trinajstić information content (AvgIpc) is 2.54. The van der Waals surface area contributed by atoms with Gasteiger partial charge in [-0.2, -0.15) is 5.10 Å². The summed E-state index contributed by atoms with van der Waals surface area (Å²) in [6.07, 6.45) is 0. The van der Waals surface area contributed by atoms with Gasteiger partial charge in [0, 0.05) is 18.9 Å². The van der Waals surface area contributed by atoms with E-state index >= 15 is 0 Å². The molecule has 2 rings (SSSR count). The Balaban J connectivity index is 2.12. The van der Waals surface area contributed by atoms with Crippen LogP contribution in [0.15, 0.2) is 41.2 Å². The molecular formula is C17H21N3O3. The lowest BCUT2D eigenvalue weighted by Gasteiger charge is -2.09. The number of ether oxygens (including phenoxy) is 1. The molecule has 0 aliphatic rings. The molecule has 1 aromatic heterocycles. The van der Waals surface area contributed by atoms with Gasteiger partial charge in [0.05, 0.1) is 13.2 Å². The van der Waals surface area contributed by atoms with Crippen molar-refractivity contribution in [3.63, 3.8) is 0 Å². The number of hydrogen-bond donors (Lipinski definition) is 1. The van der Waals surface area contributed by atoms with E-state index in [1.807, 2.05) is 24.3 Å². The summed E-state index contributed by atoms with van der Waals surface area (Å²) in [6.45, 7) is 4.88. The highest BCUT2D eigenvalue weighted by molar-refractivity contribution is 6.02. The molecule has 0 atom stereocenters. The number of aromatic nitrogens is 2. The molecule has 6 heteroatoms. The van der Waals surface area contributed by atoms with Gasteiger partial charge in [-0.1, -0.05) is 26.0 Å². The largest absolute Gasteiger partial charge is 0.383 e. The first-order valence-corrected chi connectivity index (χ1v) is 7.49. The van der Waals surface area contributed by atoms with E-state index in [0.717, 1.165) is 0 Å². The van der Waals surface area contributed by atoms with Crippen LogP contribution in [0.3, 0.4) is 0 Å². The van der Waals surface area contributed by atoms with Gasteiger partial charge in [-0.25, -0.2) is 4.68 Å². The molecule has 1 amide bonds. The Morgan fingerprint density at radius 3 is 2.52 bits per heavy atom. The monoisotopic (exact) mass is 315 g/mol. The summed E-state index contributed by atoms with van der Waals surface area (Å²) in [4.78, 5) is 23.9. The number of carbonyl (C=O) groups is 1. The lowest BCUT2D eigenvalue weighted by Crippen LogP contribution is -2.27. The molecule has 0 bridgehead atoms. The van der Waals surface area contributed by atoms with E-state index in [0.29, 0.717) is 24.8 Å². The van der Waals surface area contributed by atoms with Gasteiger partial charge in [-0.05, 0) is 29.7 Å². The van der Waals surface area contributed by atoms with Crippen molar-refractivity contribution >= 4 is 11.6 Å². The third-order valence-corrected chi connectivity index (χ3v) is 3.44. The summed E-state index contributed by atoms with van der Waals surface area (Å²) in [7, 11) is 1.54. The van der Waals surface area contributed by atoms with E-state index in [-0.39, 0.29) is 17.2 Å². The summed E-state index contributed by atoms with van der Waals surface area (Å²) < 4.78 is 6.15. The Kier molecular flexibility index (Phi) is 5.65. The second kappa shape index (κ2) is 7.69. The molecule has 0 unspecified atom stereocenters. The van der Waals surface area contributed by atoms with Gasteiger partial charge in [0.1, 0.15) is 5.69 Å². The Labute approximate surface area is 135 Å². The van der Waals surface area contributed by atoms with E-state index in [2.05, 4.69) is 24.3 Å². The number of anilines is 1. The first kappa shape index (κ1) is 16.9. The van der Waals surface area contributed by atoms with Crippen LogP contribution in [0.1, 0.15) is 35.8 Å². The highest BCUT2D eigenvalue weighted by Crippen LogP contribution is 2.17. The number of nitrogens with one attached hydrogen (secondary N) is 1. The second-order valence-electron chi connectivity index (χ2n) is 5.50. The average molecular weight is 315 g/mol. The topological polar surface area (TPSA) is 73.2 Å².